The molecule has 0 unspecified atom stereocenters. The molecule has 6 nitrogen and oxygen atoms in total. The zero-order chi connectivity index (χ0) is 22.3. The molecule has 0 radical (unpaired) electrons. The Bertz CT molecular complexity index is 867. The maximum Gasteiger partial charge on any atom is 0.408 e. The van der Waals surface area contributed by atoms with Gasteiger partial charge in [-0.3, -0.25) is 14.5 Å². The standard InChI is InChI=1S/C23H26FNO5/c1-15(2)21(25(23(29)30)14-17-6-4-3-5-7-17)20(26)13-18(22(27)28)12-16-8-10-19(24)11-9-16/h3-11,15,18,21H,12-14H2,1-2H3,(H,27,28)(H,29,30)/t18-,21+/m1/s1. The average molecular weight is 415 g/mol. The van der Waals surface area contributed by atoms with E-state index in [4.69, 9.17) is 0 Å². The van der Waals surface area contributed by atoms with Crippen molar-refractivity contribution < 1.29 is 29.0 Å². The Hall–Kier alpha value is -3.22. The van der Waals surface area contributed by atoms with Crippen LogP contribution in [0.4, 0.5) is 9.18 Å². The molecule has 1 amide bonds. The number of halogens is 1. The SMILES string of the molecule is CC(C)[C@@H](C(=O)C[C@@H](Cc1ccc(F)cc1)C(=O)O)N(Cc1ccccc1)C(=O)O. The highest BCUT2D eigenvalue weighted by atomic mass is 19.1. The molecule has 2 aromatic carbocycles. The number of Topliss-reactive ketones (excluding diaryl/α,β-unsaturated/α-hetero) is 1. The molecule has 2 rings (SSSR count). The van der Waals surface area contributed by atoms with Gasteiger partial charge in [0.2, 0.25) is 0 Å². The van der Waals surface area contributed by atoms with Crippen molar-refractivity contribution >= 4 is 17.8 Å². The molecule has 0 fully saturated rings. The third-order valence-electron chi connectivity index (χ3n) is 4.93. The Morgan fingerprint density at radius 2 is 1.53 bits per heavy atom. The van der Waals surface area contributed by atoms with Gasteiger partial charge in [-0.2, -0.15) is 0 Å². The lowest BCUT2D eigenvalue weighted by molar-refractivity contribution is -0.144. The summed E-state index contributed by atoms with van der Waals surface area (Å²) < 4.78 is 13.1. The first-order valence-electron chi connectivity index (χ1n) is 9.72. The fourth-order valence-corrected chi connectivity index (χ4v) is 3.49. The van der Waals surface area contributed by atoms with Gasteiger partial charge in [0.15, 0.2) is 5.78 Å². The van der Waals surface area contributed by atoms with Crippen molar-refractivity contribution in [2.45, 2.75) is 39.3 Å². The van der Waals surface area contributed by atoms with Crippen LogP contribution in [0.15, 0.2) is 54.6 Å². The van der Waals surface area contributed by atoms with Crippen LogP contribution in [0.3, 0.4) is 0 Å². The molecule has 0 aromatic heterocycles. The van der Waals surface area contributed by atoms with Gasteiger partial charge in [-0.1, -0.05) is 56.3 Å². The molecule has 0 aliphatic heterocycles. The molecule has 0 aliphatic rings. The Morgan fingerprint density at radius 3 is 2.03 bits per heavy atom. The first-order chi connectivity index (χ1) is 14.2. The van der Waals surface area contributed by atoms with E-state index in [2.05, 4.69) is 0 Å². The minimum Gasteiger partial charge on any atom is -0.481 e. The molecule has 0 heterocycles. The van der Waals surface area contributed by atoms with Crippen LogP contribution in [0, 0.1) is 17.7 Å². The van der Waals surface area contributed by atoms with E-state index >= 15 is 0 Å². The summed E-state index contributed by atoms with van der Waals surface area (Å²) in [5, 5.41) is 19.3. The lowest BCUT2D eigenvalue weighted by atomic mass is 9.88. The number of carboxylic acids is 1. The van der Waals surface area contributed by atoms with E-state index in [1.807, 2.05) is 6.07 Å². The van der Waals surface area contributed by atoms with Gasteiger partial charge in [0.25, 0.3) is 0 Å². The Balaban J connectivity index is 2.21. The predicted octanol–water partition coefficient (Wildman–Crippen LogP) is 4.23. The molecule has 7 heteroatoms. The summed E-state index contributed by atoms with van der Waals surface area (Å²) in [6.07, 6.45) is -1.50. The lowest BCUT2D eigenvalue weighted by Gasteiger charge is -2.32. The van der Waals surface area contributed by atoms with Gasteiger partial charge in [-0.25, -0.2) is 9.18 Å². The summed E-state index contributed by atoms with van der Waals surface area (Å²) in [5.74, 6) is -3.40. The van der Waals surface area contributed by atoms with Crippen LogP contribution >= 0.6 is 0 Å². The first kappa shape index (κ1) is 23.1. The number of carbonyl (C=O) groups excluding carboxylic acids is 1. The normalized spacial score (nSPS) is 12.9. The van der Waals surface area contributed by atoms with Gasteiger partial charge in [0.1, 0.15) is 5.82 Å². The minimum atomic E-state index is -1.24. The number of aliphatic carboxylic acids is 1. The minimum absolute atomic E-state index is 0.0282. The van der Waals surface area contributed by atoms with E-state index in [0.717, 1.165) is 10.5 Å². The maximum absolute atomic E-state index is 13.1. The highest BCUT2D eigenvalue weighted by Crippen LogP contribution is 2.22. The van der Waals surface area contributed by atoms with E-state index < -0.39 is 35.6 Å². The van der Waals surface area contributed by atoms with Gasteiger partial charge < -0.3 is 10.2 Å². The van der Waals surface area contributed by atoms with Crippen LogP contribution in [-0.2, 0) is 22.6 Å². The van der Waals surface area contributed by atoms with E-state index in [0.29, 0.717) is 5.56 Å². The van der Waals surface area contributed by atoms with Crippen molar-refractivity contribution in [1.82, 2.24) is 4.90 Å². The number of amides is 1. The van der Waals surface area contributed by atoms with Gasteiger partial charge in [0, 0.05) is 13.0 Å². The molecule has 30 heavy (non-hydrogen) atoms. The van der Waals surface area contributed by atoms with E-state index in [9.17, 15) is 29.0 Å². The maximum atomic E-state index is 13.1. The smallest absolute Gasteiger partial charge is 0.408 e. The summed E-state index contributed by atoms with van der Waals surface area (Å²) >= 11 is 0. The number of rotatable bonds is 10. The van der Waals surface area contributed by atoms with Crippen molar-refractivity contribution in [3.63, 3.8) is 0 Å². The Kier molecular flexibility index (Phi) is 8.09. The average Bonchev–Trinajstić information content (AvgIpc) is 2.69. The molecule has 2 atom stereocenters. The summed E-state index contributed by atoms with van der Waals surface area (Å²) in [5.41, 5.74) is 1.33. The molecule has 0 spiro atoms. The van der Waals surface area contributed by atoms with E-state index in [1.54, 1.807) is 38.1 Å². The van der Waals surface area contributed by atoms with Crippen LogP contribution in [0.1, 0.15) is 31.4 Å². The van der Waals surface area contributed by atoms with Crippen LogP contribution in [0.25, 0.3) is 0 Å². The number of carboxylic acid groups (broad SMARTS) is 2. The number of hydrogen-bond donors (Lipinski definition) is 2. The van der Waals surface area contributed by atoms with Crippen LogP contribution < -0.4 is 0 Å². The van der Waals surface area contributed by atoms with Gasteiger partial charge >= 0.3 is 12.1 Å². The van der Waals surface area contributed by atoms with Crippen LogP contribution in [-0.4, -0.2) is 39.0 Å². The Morgan fingerprint density at radius 1 is 0.933 bits per heavy atom. The Labute approximate surface area is 175 Å². The number of carbonyl (C=O) groups is 3. The lowest BCUT2D eigenvalue weighted by Crippen LogP contribution is -2.48. The van der Waals surface area contributed by atoms with Crippen molar-refractivity contribution in [3.05, 3.63) is 71.5 Å². The second-order valence-corrected chi connectivity index (χ2v) is 7.62. The van der Waals surface area contributed by atoms with Crippen molar-refractivity contribution in [2.24, 2.45) is 11.8 Å². The highest BCUT2D eigenvalue weighted by Gasteiger charge is 2.35. The quantitative estimate of drug-likeness (QED) is 0.605. The number of nitrogens with zero attached hydrogens (tertiary/aromatic N) is 1. The molecule has 2 N–H and O–H groups in total. The largest absolute Gasteiger partial charge is 0.481 e. The van der Waals surface area contributed by atoms with E-state index in [-0.39, 0.29) is 25.3 Å². The van der Waals surface area contributed by atoms with Gasteiger partial charge in [-0.15, -0.1) is 0 Å². The highest BCUT2D eigenvalue weighted by molar-refractivity contribution is 5.90. The molecule has 0 aliphatic carbocycles. The monoisotopic (exact) mass is 415 g/mol. The predicted molar refractivity (Wildman–Crippen MR) is 109 cm³/mol. The molecule has 0 bridgehead atoms. The molecule has 0 saturated carbocycles. The summed E-state index contributed by atoms with van der Waals surface area (Å²) in [7, 11) is 0. The van der Waals surface area contributed by atoms with E-state index in [1.165, 1.54) is 24.3 Å². The third-order valence-corrected chi connectivity index (χ3v) is 4.93. The fourth-order valence-electron chi connectivity index (χ4n) is 3.49. The summed E-state index contributed by atoms with van der Waals surface area (Å²) in [4.78, 5) is 37.8. The van der Waals surface area contributed by atoms with Gasteiger partial charge in [0.05, 0.1) is 12.0 Å². The number of benzene rings is 2. The third kappa shape index (κ3) is 6.40. The van der Waals surface area contributed by atoms with Crippen molar-refractivity contribution in [1.29, 1.82) is 0 Å². The number of ketones is 1. The molecular formula is C23H26FNO5. The van der Waals surface area contributed by atoms with Gasteiger partial charge in [-0.05, 0) is 35.6 Å². The first-order valence-corrected chi connectivity index (χ1v) is 9.72. The molecular weight excluding hydrogens is 389 g/mol. The molecule has 160 valence electrons. The van der Waals surface area contributed by atoms with Crippen LogP contribution in [0.5, 0.6) is 0 Å². The zero-order valence-corrected chi connectivity index (χ0v) is 17.0. The summed E-state index contributed by atoms with van der Waals surface area (Å²) in [6.45, 7) is 3.50. The second-order valence-electron chi connectivity index (χ2n) is 7.62. The van der Waals surface area contributed by atoms with Crippen molar-refractivity contribution in [3.8, 4) is 0 Å². The fraction of sp³-hybridized carbons (Fsp3) is 0.348. The number of hydrogen-bond acceptors (Lipinski definition) is 3. The van der Waals surface area contributed by atoms with Crippen molar-refractivity contribution in [2.75, 3.05) is 0 Å². The molecule has 2 aromatic rings. The van der Waals surface area contributed by atoms with Crippen LogP contribution in [0.2, 0.25) is 0 Å². The zero-order valence-electron chi connectivity index (χ0n) is 17.0. The summed E-state index contributed by atoms with van der Waals surface area (Å²) in [6, 6.07) is 13.4. The second kappa shape index (κ2) is 10.5. The molecule has 0 saturated heterocycles. The topological polar surface area (TPSA) is 94.9 Å².